The molecule has 0 spiro atoms. The van der Waals surface area contributed by atoms with E-state index in [2.05, 4.69) is 35.8 Å². The second-order valence-corrected chi connectivity index (χ2v) is 10.2. The van der Waals surface area contributed by atoms with Crippen molar-refractivity contribution < 1.29 is 22.7 Å². The van der Waals surface area contributed by atoms with Crippen molar-refractivity contribution in [3.8, 4) is 17.2 Å². The number of amides is 1. The molecule has 6 rings (SSSR count). The van der Waals surface area contributed by atoms with Gasteiger partial charge in [-0.25, -0.2) is 18.2 Å². The van der Waals surface area contributed by atoms with Crippen LogP contribution in [0.15, 0.2) is 71.8 Å². The number of nitrogens with one attached hydrogen (secondary N) is 3. The Balaban J connectivity index is 0.00000240. The zero-order valence-corrected chi connectivity index (χ0v) is 25.7. The SMILES string of the molecule is Cl.Cl.O=C(Nc1ccc(Oc2ccnc3[nH]nc(NC4CCN(CCF)CC4)c23)c(F)c1)c1ccnn(-c2ccc(F)cc2)c1=O. The van der Waals surface area contributed by atoms with Gasteiger partial charge in [-0.15, -0.1) is 24.8 Å². The second kappa shape index (κ2) is 15.1. The molecular formula is C30H29Cl2F3N8O3. The van der Waals surface area contributed by atoms with Gasteiger partial charge in [0.05, 0.1) is 5.69 Å². The predicted molar refractivity (Wildman–Crippen MR) is 172 cm³/mol. The molecule has 0 saturated carbocycles. The van der Waals surface area contributed by atoms with E-state index in [1.54, 1.807) is 6.07 Å². The molecule has 5 aromatic rings. The Morgan fingerprint density at radius 2 is 1.76 bits per heavy atom. The van der Waals surface area contributed by atoms with E-state index in [9.17, 15) is 18.4 Å². The number of hydrogen-bond donors (Lipinski definition) is 3. The molecule has 11 nitrogen and oxygen atoms in total. The minimum atomic E-state index is -0.776. The van der Waals surface area contributed by atoms with Crippen molar-refractivity contribution >= 4 is 53.3 Å². The minimum absolute atomic E-state index is 0. The highest BCUT2D eigenvalue weighted by Crippen LogP contribution is 2.35. The average Bonchev–Trinajstić information content (AvgIpc) is 3.44. The molecule has 1 aliphatic heterocycles. The van der Waals surface area contributed by atoms with Crippen LogP contribution >= 0.6 is 24.8 Å². The summed E-state index contributed by atoms with van der Waals surface area (Å²) in [5, 5.41) is 17.6. The number of hydrogen-bond acceptors (Lipinski definition) is 8. The normalized spacial score (nSPS) is 13.5. The Bertz CT molecular complexity index is 1870. The second-order valence-electron chi connectivity index (χ2n) is 10.2. The molecule has 4 heterocycles. The maximum Gasteiger partial charge on any atom is 0.284 e. The Kier molecular flexibility index (Phi) is 11.2. The Labute approximate surface area is 273 Å². The third kappa shape index (κ3) is 7.41. The lowest BCUT2D eigenvalue weighted by Gasteiger charge is -2.31. The Morgan fingerprint density at radius 3 is 2.48 bits per heavy atom. The number of halogens is 5. The highest BCUT2D eigenvalue weighted by atomic mass is 35.5. The van der Waals surface area contributed by atoms with Gasteiger partial charge in [0.25, 0.3) is 11.5 Å². The van der Waals surface area contributed by atoms with E-state index < -0.39 is 23.1 Å². The molecule has 2 aromatic carbocycles. The van der Waals surface area contributed by atoms with E-state index >= 15 is 4.39 Å². The third-order valence-corrected chi connectivity index (χ3v) is 7.32. The highest BCUT2D eigenvalue weighted by molar-refractivity contribution is 6.04. The first-order valence-corrected chi connectivity index (χ1v) is 13.9. The lowest BCUT2D eigenvalue weighted by atomic mass is 10.1. The number of alkyl halides is 1. The largest absolute Gasteiger partial charge is 0.453 e. The molecule has 0 unspecified atom stereocenters. The van der Waals surface area contributed by atoms with Gasteiger partial charge in [0.15, 0.2) is 23.0 Å². The number of carbonyl (C=O) groups is 1. The summed E-state index contributed by atoms with van der Waals surface area (Å²) >= 11 is 0. The monoisotopic (exact) mass is 676 g/mol. The van der Waals surface area contributed by atoms with E-state index in [0.717, 1.165) is 36.7 Å². The number of carbonyl (C=O) groups excluding carboxylic acids is 1. The van der Waals surface area contributed by atoms with Crippen molar-refractivity contribution in [1.29, 1.82) is 0 Å². The number of piperidine rings is 1. The van der Waals surface area contributed by atoms with E-state index in [1.165, 1.54) is 54.9 Å². The quantitative estimate of drug-likeness (QED) is 0.186. The molecule has 0 aliphatic carbocycles. The summed E-state index contributed by atoms with van der Waals surface area (Å²) in [5.41, 5.74) is -0.147. The van der Waals surface area contributed by atoms with Gasteiger partial charge in [-0.1, -0.05) is 0 Å². The summed E-state index contributed by atoms with van der Waals surface area (Å²) in [4.78, 5) is 32.2. The van der Waals surface area contributed by atoms with Gasteiger partial charge in [0, 0.05) is 55.9 Å². The van der Waals surface area contributed by atoms with Crippen LogP contribution in [0.25, 0.3) is 16.7 Å². The molecule has 0 bridgehead atoms. The Morgan fingerprint density at radius 1 is 1.00 bits per heavy atom. The lowest BCUT2D eigenvalue weighted by Crippen LogP contribution is -2.40. The maximum atomic E-state index is 15.2. The number of likely N-dealkylation sites (tertiary alicyclic amines) is 1. The number of pyridine rings is 1. The number of fused-ring (bicyclic) bond motifs is 1. The zero-order chi connectivity index (χ0) is 30.6. The highest BCUT2D eigenvalue weighted by Gasteiger charge is 2.22. The first kappa shape index (κ1) is 34.2. The van der Waals surface area contributed by atoms with Crippen LogP contribution in [0, 0.1) is 11.6 Å². The molecule has 3 aromatic heterocycles. The minimum Gasteiger partial charge on any atom is -0.453 e. The van der Waals surface area contributed by atoms with Gasteiger partial charge in [-0.3, -0.25) is 14.7 Å². The van der Waals surface area contributed by atoms with Gasteiger partial charge < -0.3 is 20.3 Å². The van der Waals surface area contributed by atoms with Gasteiger partial charge >= 0.3 is 0 Å². The molecule has 242 valence electrons. The molecular weight excluding hydrogens is 648 g/mol. The third-order valence-electron chi connectivity index (χ3n) is 7.32. The topological polar surface area (TPSA) is 130 Å². The smallest absolute Gasteiger partial charge is 0.284 e. The number of H-pyrrole nitrogens is 1. The fourth-order valence-corrected chi connectivity index (χ4v) is 5.06. The van der Waals surface area contributed by atoms with Crippen LogP contribution in [0.5, 0.6) is 11.5 Å². The number of nitrogens with zero attached hydrogens (tertiary/aromatic N) is 5. The van der Waals surface area contributed by atoms with E-state index in [1.807, 2.05) is 0 Å². The van der Waals surface area contributed by atoms with Gasteiger partial charge in [0.2, 0.25) is 0 Å². The number of aromatic nitrogens is 5. The van der Waals surface area contributed by atoms with Gasteiger partial charge in [-0.2, -0.15) is 14.9 Å². The van der Waals surface area contributed by atoms with Crippen molar-refractivity contribution in [2.45, 2.75) is 18.9 Å². The fourth-order valence-electron chi connectivity index (χ4n) is 5.06. The maximum absolute atomic E-state index is 15.2. The fraction of sp³-hybridized carbons (Fsp3) is 0.233. The number of anilines is 2. The molecule has 46 heavy (non-hydrogen) atoms. The van der Waals surface area contributed by atoms with Crippen LogP contribution in [-0.2, 0) is 0 Å². The lowest BCUT2D eigenvalue weighted by molar-refractivity contribution is 0.102. The standard InChI is InChI=1S/C30H27F3N8O3.2ClH/c31-11-16-40-14-9-19(10-15-40)36-28-26-25(8-12-34-27(26)38-39-28)44-24-6-3-20(17-23(24)33)37-29(42)22-7-13-35-41(30(22)43)21-4-1-18(32)2-5-21;;/h1-8,12-13,17,19H,9-11,14-16H2,(H,37,42)(H2,34,36,38,39);2*1H. The molecule has 16 heteroatoms. The zero-order valence-electron chi connectivity index (χ0n) is 24.1. The molecule has 1 aliphatic rings. The summed E-state index contributed by atoms with van der Waals surface area (Å²) in [6.45, 7) is 1.59. The molecule has 1 fully saturated rings. The van der Waals surface area contributed by atoms with Crippen LogP contribution in [0.1, 0.15) is 23.2 Å². The van der Waals surface area contributed by atoms with Crippen LogP contribution in [0.3, 0.4) is 0 Å². The van der Waals surface area contributed by atoms with Gasteiger partial charge in [0.1, 0.15) is 29.2 Å². The number of benzene rings is 2. The number of aromatic amines is 1. The van der Waals surface area contributed by atoms with Crippen LogP contribution < -0.4 is 20.9 Å². The summed E-state index contributed by atoms with van der Waals surface area (Å²) in [6, 6.07) is 11.9. The van der Waals surface area contributed by atoms with Crippen LogP contribution in [0.2, 0.25) is 0 Å². The first-order valence-electron chi connectivity index (χ1n) is 13.9. The van der Waals surface area contributed by atoms with Crippen molar-refractivity contribution in [1.82, 2.24) is 29.9 Å². The van der Waals surface area contributed by atoms with Crippen molar-refractivity contribution in [3.63, 3.8) is 0 Å². The summed E-state index contributed by atoms with van der Waals surface area (Å²) in [7, 11) is 0. The Hall–Kier alpha value is -4.66. The molecule has 1 amide bonds. The molecule has 0 atom stereocenters. The average molecular weight is 678 g/mol. The van der Waals surface area contributed by atoms with E-state index in [0.29, 0.717) is 29.1 Å². The number of ether oxygens (including phenoxy) is 1. The predicted octanol–water partition coefficient (Wildman–Crippen LogP) is 5.52. The van der Waals surface area contributed by atoms with Crippen molar-refractivity contribution in [2.24, 2.45) is 0 Å². The van der Waals surface area contributed by atoms with E-state index in [4.69, 9.17) is 4.74 Å². The van der Waals surface area contributed by atoms with Crippen molar-refractivity contribution in [3.05, 3.63) is 94.5 Å². The number of rotatable bonds is 9. The molecule has 1 saturated heterocycles. The first-order chi connectivity index (χ1) is 21.4. The van der Waals surface area contributed by atoms with Crippen molar-refractivity contribution in [2.75, 3.05) is 36.9 Å². The molecule has 0 radical (unpaired) electrons. The van der Waals surface area contributed by atoms with Crippen LogP contribution in [0.4, 0.5) is 24.7 Å². The van der Waals surface area contributed by atoms with E-state index in [-0.39, 0.29) is 60.2 Å². The van der Waals surface area contributed by atoms with Gasteiger partial charge in [-0.05, 0) is 55.3 Å². The molecule has 3 N–H and O–H groups in total. The summed E-state index contributed by atoms with van der Waals surface area (Å²) in [5.74, 6) is -1.30. The van der Waals surface area contributed by atoms with Crippen LogP contribution in [-0.4, -0.2) is 68.1 Å². The summed E-state index contributed by atoms with van der Waals surface area (Å²) < 4.78 is 48.1. The summed E-state index contributed by atoms with van der Waals surface area (Å²) in [6.07, 6.45) is 4.40.